The van der Waals surface area contributed by atoms with Crippen molar-refractivity contribution in [2.75, 3.05) is 5.32 Å². The number of rotatable bonds is 4. The normalized spacial score (nSPS) is 11.4. The zero-order valence-corrected chi connectivity index (χ0v) is 14.6. The van der Waals surface area contributed by atoms with Crippen LogP contribution in [0, 0.1) is 5.82 Å². The van der Waals surface area contributed by atoms with Gasteiger partial charge in [-0.2, -0.15) is 0 Å². The average Bonchev–Trinajstić information content (AvgIpc) is 2.37. The number of anilines is 1. The van der Waals surface area contributed by atoms with Crippen molar-refractivity contribution in [3.8, 4) is 0 Å². The Bertz CT molecular complexity index is 570. The van der Waals surface area contributed by atoms with E-state index in [2.05, 4.69) is 65.2 Å². The van der Waals surface area contributed by atoms with Crippen molar-refractivity contribution >= 4 is 34.9 Å². The predicted molar refractivity (Wildman–Crippen MR) is 90.8 cm³/mol. The van der Waals surface area contributed by atoms with Crippen molar-refractivity contribution in [1.82, 2.24) is 0 Å². The summed E-state index contributed by atoms with van der Waals surface area (Å²) in [4.78, 5) is 0. The highest BCUT2D eigenvalue weighted by molar-refractivity contribution is 9.10. The highest BCUT2D eigenvalue weighted by Crippen LogP contribution is 2.25. The largest absolute Gasteiger partial charge is 0.378 e. The maximum Gasteiger partial charge on any atom is 0.147 e. The third kappa shape index (κ3) is 3.70. The molecule has 0 saturated heterocycles. The summed E-state index contributed by atoms with van der Waals surface area (Å²) in [5, 5.41) is 4.58. The van der Waals surface area contributed by atoms with Gasteiger partial charge in [0.1, 0.15) is 5.82 Å². The van der Waals surface area contributed by atoms with Crippen LogP contribution in [0.2, 0.25) is 19.6 Å². The van der Waals surface area contributed by atoms with Crippen molar-refractivity contribution in [3.63, 3.8) is 0 Å². The predicted octanol–water partition coefficient (Wildman–Crippen LogP) is 4.75. The number of hydrogen-bond donors (Lipinski definition) is 1. The molecule has 20 heavy (non-hydrogen) atoms. The number of benzene rings is 2. The molecule has 1 nitrogen and oxygen atoms in total. The molecular formula is C16H19BrFNSi. The minimum atomic E-state index is -1.25. The zero-order valence-electron chi connectivity index (χ0n) is 12.0. The van der Waals surface area contributed by atoms with E-state index in [0.717, 1.165) is 10.0 Å². The van der Waals surface area contributed by atoms with E-state index < -0.39 is 8.07 Å². The van der Waals surface area contributed by atoms with Crippen molar-refractivity contribution in [1.29, 1.82) is 0 Å². The van der Waals surface area contributed by atoms with E-state index in [-0.39, 0.29) is 5.82 Å². The summed E-state index contributed by atoms with van der Waals surface area (Å²) < 4.78 is 14.4. The summed E-state index contributed by atoms with van der Waals surface area (Å²) in [6.45, 7) is 7.61. The molecule has 0 unspecified atom stereocenters. The van der Waals surface area contributed by atoms with E-state index in [1.54, 1.807) is 6.07 Å². The van der Waals surface area contributed by atoms with Gasteiger partial charge in [0.15, 0.2) is 0 Å². The summed E-state index contributed by atoms with van der Waals surface area (Å²) in [5.74, 6) is -0.238. The Morgan fingerprint density at radius 3 is 2.25 bits per heavy atom. The van der Waals surface area contributed by atoms with E-state index in [0.29, 0.717) is 12.2 Å². The first-order chi connectivity index (χ1) is 9.38. The second-order valence-corrected chi connectivity index (χ2v) is 11.8. The molecule has 0 aliphatic heterocycles. The summed E-state index contributed by atoms with van der Waals surface area (Å²) in [5.41, 5.74) is 1.67. The molecule has 0 aromatic heterocycles. The van der Waals surface area contributed by atoms with Crippen LogP contribution in [0.3, 0.4) is 0 Å². The lowest BCUT2D eigenvalue weighted by molar-refractivity contribution is 0.629. The Kier molecular flexibility index (Phi) is 4.65. The topological polar surface area (TPSA) is 12.0 Å². The molecule has 1 N–H and O–H groups in total. The van der Waals surface area contributed by atoms with Gasteiger partial charge in [0.25, 0.3) is 0 Å². The van der Waals surface area contributed by atoms with Crippen molar-refractivity contribution in [2.45, 2.75) is 26.2 Å². The number of hydrogen-bond acceptors (Lipinski definition) is 1. The fourth-order valence-electron chi connectivity index (χ4n) is 1.98. The van der Waals surface area contributed by atoms with Crippen LogP contribution in [0.15, 0.2) is 46.9 Å². The SMILES string of the molecule is C[Si](C)(C)c1ccc(CNc2c(F)cccc2Br)cc1. The summed E-state index contributed by atoms with van der Waals surface area (Å²) in [7, 11) is -1.25. The van der Waals surface area contributed by atoms with Crippen LogP contribution in [0.1, 0.15) is 5.56 Å². The fourth-order valence-corrected chi connectivity index (χ4v) is 3.63. The van der Waals surface area contributed by atoms with E-state index in [4.69, 9.17) is 0 Å². The Balaban J connectivity index is 2.08. The highest BCUT2D eigenvalue weighted by atomic mass is 79.9. The van der Waals surface area contributed by atoms with Crippen LogP contribution >= 0.6 is 15.9 Å². The van der Waals surface area contributed by atoms with Gasteiger partial charge in [0, 0.05) is 11.0 Å². The second-order valence-electron chi connectivity index (χ2n) is 5.90. The molecule has 0 radical (unpaired) electrons. The van der Waals surface area contributed by atoms with Gasteiger partial charge in [-0.1, -0.05) is 55.2 Å². The van der Waals surface area contributed by atoms with Gasteiger partial charge in [-0.3, -0.25) is 0 Å². The first kappa shape index (κ1) is 15.3. The monoisotopic (exact) mass is 351 g/mol. The molecule has 106 valence electrons. The van der Waals surface area contributed by atoms with Gasteiger partial charge in [-0.25, -0.2) is 4.39 Å². The Labute approximate surface area is 129 Å². The second kappa shape index (κ2) is 6.10. The fraction of sp³-hybridized carbons (Fsp3) is 0.250. The lowest BCUT2D eigenvalue weighted by Crippen LogP contribution is -2.37. The van der Waals surface area contributed by atoms with Crippen molar-refractivity contribution < 1.29 is 4.39 Å². The van der Waals surface area contributed by atoms with Crippen LogP contribution in [-0.2, 0) is 6.54 Å². The summed E-state index contributed by atoms with van der Waals surface area (Å²) >= 11 is 3.36. The molecule has 0 atom stereocenters. The molecule has 0 heterocycles. The van der Waals surface area contributed by atoms with Crippen LogP contribution in [0.25, 0.3) is 0 Å². The van der Waals surface area contributed by atoms with Crippen LogP contribution in [-0.4, -0.2) is 8.07 Å². The van der Waals surface area contributed by atoms with Gasteiger partial charge in [0.2, 0.25) is 0 Å². The first-order valence-electron chi connectivity index (χ1n) is 6.65. The highest BCUT2D eigenvalue weighted by Gasteiger charge is 2.15. The molecule has 0 bridgehead atoms. The lowest BCUT2D eigenvalue weighted by atomic mass is 10.2. The smallest absolute Gasteiger partial charge is 0.147 e. The lowest BCUT2D eigenvalue weighted by Gasteiger charge is -2.17. The minimum Gasteiger partial charge on any atom is -0.378 e. The minimum absolute atomic E-state index is 0.238. The quantitative estimate of drug-likeness (QED) is 0.784. The summed E-state index contributed by atoms with van der Waals surface area (Å²) in [6.07, 6.45) is 0. The molecule has 0 fully saturated rings. The van der Waals surface area contributed by atoms with Crippen LogP contribution in [0.5, 0.6) is 0 Å². The number of halogens is 2. The molecular weight excluding hydrogens is 333 g/mol. The Hall–Kier alpha value is -1.13. The van der Waals surface area contributed by atoms with Gasteiger partial charge in [-0.15, -0.1) is 0 Å². The third-order valence-electron chi connectivity index (χ3n) is 3.25. The molecule has 2 rings (SSSR count). The molecule has 2 aromatic rings. The Morgan fingerprint density at radius 1 is 1.05 bits per heavy atom. The van der Waals surface area contributed by atoms with Crippen LogP contribution in [0.4, 0.5) is 10.1 Å². The molecule has 0 amide bonds. The maximum atomic E-state index is 13.7. The molecule has 0 aliphatic rings. The third-order valence-corrected chi connectivity index (χ3v) is 5.98. The number of para-hydroxylation sites is 1. The van der Waals surface area contributed by atoms with Gasteiger partial charge in [0.05, 0.1) is 13.8 Å². The van der Waals surface area contributed by atoms with Gasteiger partial charge >= 0.3 is 0 Å². The number of nitrogens with one attached hydrogen (secondary N) is 1. The average molecular weight is 352 g/mol. The van der Waals surface area contributed by atoms with Crippen molar-refractivity contribution in [3.05, 3.63) is 58.3 Å². The maximum absolute atomic E-state index is 13.7. The molecule has 2 aromatic carbocycles. The molecule has 0 saturated carbocycles. The van der Waals surface area contributed by atoms with E-state index >= 15 is 0 Å². The van der Waals surface area contributed by atoms with Crippen LogP contribution < -0.4 is 10.5 Å². The molecule has 0 aliphatic carbocycles. The van der Waals surface area contributed by atoms with Gasteiger partial charge < -0.3 is 5.32 Å². The Morgan fingerprint density at radius 2 is 1.70 bits per heavy atom. The summed E-state index contributed by atoms with van der Waals surface area (Å²) in [6, 6.07) is 13.6. The standard InChI is InChI=1S/C16H19BrFNSi/c1-20(2,3)13-9-7-12(8-10-13)11-19-16-14(17)5-4-6-15(16)18/h4-10,19H,11H2,1-3H3. The van der Waals surface area contributed by atoms with Crippen molar-refractivity contribution in [2.24, 2.45) is 0 Å². The first-order valence-corrected chi connectivity index (χ1v) is 10.9. The van der Waals surface area contributed by atoms with E-state index in [1.165, 1.54) is 11.3 Å². The molecule has 0 spiro atoms. The van der Waals surface area contributed by atoms with E-state index in [1.807, 2.05) is 6.07 Å². The molecule has 4 heteroatoms. The van der Waals surface area contributed by atoms with E-state index in [9.17, 15) is 4.39 Å². The van der Waals surface area contributed by atoms with Gasteiger partial charge in [-0.05, 0) is 33.6 Å². The zero-order chi connectivity index (χ0) is 14.8.